The Morgan fingerprint density at radius 2 is 1.64 bits per heavy atom. The van der Waals surface area contributed by atoms with Crippen LogP contribution in [0.2, 0.25) is 0 Å². The second-order valence-electron chi connectivity index (χ2n) is 7.24. The third-order valence-corrected chi connectivity index (χ3v) is 6.86. The minimum atomic E-state index is -3.65. The highest BCUT2D eigenvalue weighted by Gasteiger charge is 2.29. The molecule has 2 aromatic rings. The smallest absolute Gasteiger partial charge is 0.220 e. The Kier molecular flexibility index (Phi) is 7.63. The van der Waals surface area contributed by atoms with E-state index in [1.165, 1.54) is 0 Å². The van der Waals surface area contributed by atoms with Gasteiger partial charge in [-0.1, -0.05) is 43.2 Å². The van der Waals surface area contributed by atoms with Crippen LogP contribution in [0.5, 0.6) is 0 Å². The van der Waals surface area contributed by atoms with E-state index in [4.69, 9.17) is 0 Å². The zero-order valence-corrected chi connectivity index (χ0v) is 17.9. The lowest BCUT2D eigenvalue weighted by atomic mass is 10.1. The minimum absolute atomic E-state index is 0.0556. The van der Waals surface area contributed by atoms with Gasteiger partial charge in [-0.25, -0.2) is 8.42 Å². The number of nitrogens with zero attached hydrogens (tertiary/aromatic N) is 1. The predicted octanol–water partition coefficient (Wildman–Crippen LogP) is 3.88. The van der Waals surface area contributed by atoms with Gasteiger partial charge in [-0.05, 0) is 43.2 Å². The number of hydrogen-bond donors (Lipinski definition) is 1. The molecular formula is C22H30N2O3S. The normalized spacial score (nSPS) is 12.4. The third kappa shape index (κ3) is 5.58. The number of hydrogen-bond acceptors (Lipinski definition) is 4. The van der Waals surface area contributed by atoms with Crippen LogP contribution >= 0.6 is 0 Å². The molecule has 5 nitrogen and oxygen atoms in total. The first-order valence-electron chi connectivity index (χ1n) is 9.60. The number of carbonyl (C=O) groups is 1. The summed E-state index contributed by atoms with van der Waals surface area (Å²) in [4.78, 5) is 14.3. The fourth-order valence-corrected chi connectivity index (χ4v) is 4.58. The molecule has 2 aromatic carbocycles. The maximum absolute atomic E-state index is 13.3. The molecule has 0 bridgehead atoms. The van der Waals surface area contributed by atoms with Crippen molar-refractivity contribution in [3.05, 3.63) is 59.7 Å². The van der Waals surface area contributed by atoms with Crippen molar-refractivity contribution in [3.63, 3.8) is 0 Å². The fraction of sp³-hybridized carbons (Fsp3) is 0.409. The first-order valence-corrected chi connectivity index (χ1v) is 11.1. The van der Waals surface area contributed by atoms with Crippen LogP contribution in [-0.4, -0.2) is 35.0 Å². The van der Waals surface area contributed by atoms with Crippen LogP contribution in [0, 0.1) is 6.92 Å². The van der Waals surface area contributed by atoms with E-state index in [9.17, 15) is 13.2 Å². The Labute approximate surface area is 168 Å². The Balaban J connectivity index is 2.34. The highest BCUT2D eigenvalue weighted by atomic mass is 32.2. The molecule has 0 aliphatic rings. The molecule has 0 radical (unpaired) electrons. The summed E-state index contributed by atoms with van der Waals surface area (Å²) in [6.07, 6.45) is 2.12. The van der Waals surface area contributed by atoms with E-state index in [-0.39, 0.29) is 17.3 Å². The molecular weight excluding hydrogens is 372 g/mol. The molecule has 0 spiro atoms. The Bertz CT molecular complexity index is 873. The first kappa shape index (κ1) is 22.0. The number of nitrogens with one attached hydrogen (secondary N) is 1. The second-order valence-corrected chi connectivity index (χ2v) is 9.37. The monoisotopic (exact) mass is 402 g/mol. The van der Waals surface area contributed by atoms with Crippen LogP contribution in [-0.2, 0) is 14.6 Å². The molecule has 0 heterocycles. The zero-order valence-electron chi connectivity index (χ0n) is 17.1. The number of aryl methyl sites for hydroxylation is 1. The van der Waals surface area contributed by atoms with E-state index in [1.54, 1.807) is 24.3 Å². The Morgan fingerprint density at radius 3 is 2.18 bits per heavy atom. The number of carbonyl (C=O) groups excluding carboxylic acids is 1. The average Bonchev–Trinajstić information content (AvgIpc) is 2.67. The molecule has 1 atom stereocenters. The van der Waals surface area contributed by atoms with Gasteiger partial charge >= 0.3 is 0 Å². The summed E-state index contributed by atoms with van der Waals surface area (Å²) < 4.78 is 26.7. The average molecular weight is 403 g/mol. The molecule has 152 valence electrons. The molecule has 1 N–H and O–H groups in total. The zero-order chi connectivity index (χ0) is 20.7. The van der Waals surface area contributed by atoms with Crippen molar-refractivity contribution >= 4 is 21.4 Å². The lowest BCUT2D eigenvalue weighted by Gasteiger charge is -2.20. The molecule has 0 aliphatic heterocycles. The first-order chi connectivity index (χ1) is 13.3. The standard InChI is InChI=1S/C22H30N2O3S/c1-5-6-7-22(25)23-16-21(18-10-12-19(13-11-18)24(3)4)28(26,27)20-14-8-17(2)9-15-20/h8-15,21H,5-7,16H2,1-4H3,(H,23,25)/t21-/m1/s1. The molecule has 1 amide bonds. The van der Waals surface area contributed by atoms with Crippen molar-refractivity contribution in [2.75, 3.05) is 25.5 Å². The number of rotatable bonds is 9. The topological polar surface area (TPSA) is 66.5 Å². The van der Waals surface area contributed by atoms with Crippen molar-refractivity contribution in [2.45, 2.75) is 43.3 Å². The van der Waals surface area contributed by atoms with Gasteiger partial charge in [0, 0.05) is 32.7 Å². The van der Waals surface area contributed by atoms with E-state index in [0.717, 1.165) is 24.1 Å². The van der Waals surface area contributed by atoms with Crippen molar-refractivity contribution in [1.29, 1.82) is 0 Å². The molecule has 0 aliphatic carbocycles. The molecule has 28 heavy (non-hydrogen) atoms. The van der Waals surface area contributed by atoms with E-state index in [0.29, 0.717) is 12.0 Å². The SMILES string of the molecule is CCCCC(=O)NC[C@H](c1ccc(N(C)C)cc1)S(=O)(=O)c1ccc(C)cc1. The van der Waals surface area contributed by atoms with Gasteiger partial charge in [0.15, 0.2) is 9.84 Å². The highest BCUT2D eigenvalue weighted by molar-refractivity contribution is 7.91. The van der Waals surface area contributed by atoms with Crippen molar-refractivity contribution in [1.82, 2.24) is 5.32 Å². The van der Waals surface area contributed by atoms with Gasteiger partial charge in [0.05, 0.1) is 4.90 Å². The number of unbranched alkanes of at least 4 members (excludes halogenated alkanes) is 1. The highest BCUT2D eigenvalue weighted by Crippen LogP contribution is 2.30. The number of sulfone groups is 1. The van der Waals surface area contributed by atoms with Gasteiger partial charge in [-0.2, -0.15) is 0 Å². The van der Waals surface area contributed by atoms with Gasteiger partial charge < -0.3 is 10.2 Å². The lowest BCUT2D eigenvalue weighted by molar-refractivity contribution is -0.121. The minimum Gasteiger partial charge on any atom is -0.378 e. The van der Waals surface area contributed by atoms with Gasteiger partial charge in [-0.3, -0.25) is 4.79 Å². The largest absolute Gasteiger partial charge is 0.378 e. The third-order valence-electron chi connectivity index (χ3n) is 4.75. The molecule has 0 unspecified atom stereocenters. The van der Waals surface area contributed by atoms with Crippen molar-refractivity contribution in [2.24, 2.45) is 0 Å². The predicted molar refractivity (Wildman–Crippen MR) is 114 cm³/mol. The summed E-state index contributed by atoms with van der Waals surface area (Å²) in [5.41, 5.74) is 2.66. The maximum atomic E-state index is 13.3. The van der Waals surface area contributed by atoms with Crippen LogP contribution in [0.3, 0.4) is 0 Å². The van der Waals surface area contributed by atoms with Crippen LogP contribution in [0.25, 0.3) is 0 Å². The number of anilines is 1. The van der Waals surface area contributed by atoms with Gasteiger partial charge in [-0.15, -0.1) is 0 Å². The maximum Gasteiger partial charge on any atom is 0.220 e. The van der Waals surface area contributed by atoms with Crippen LogP contribution in [0.15, 0.2) is 53.4 Å². The van der Waals surface area contributed by atoms with Crippen LogP contribution in [0.1, 0.15) is 42.6 Å². The lowest BCUT2D eigenvalue weighted by Crippen LogP contribution is -2.31. The molecule has 0 fully saturated rings. The van der Waals surface area contributed by atoms with Gasteiger partial charge in [0.25, 0.3) is 0 Å². The fourth-order valence-electron chi connectivity index (χ4n) is 2.92. The van der Waals surface area contributed by atoms with Crippen LogP contribution in [0.4, 0.5) is 5.69 Å². The summed E-state index contributed by atoms with van der Waals surface area (Å²) in [5.74, 6) is -0.115. The Morgan fingerprint density at radius 1 is 1.04 bits per heavy atom. The quantitative estimate of drug-likeness (QED) is 0.691. The van der Waals surface area contributed by atoms with E-state index in [1.807, 2.05) is 57.1 Å². The van der Waals surface area contributed by atoms with Crippen molar-refractivity contribution < 1.29 is 13.2 Å². The molecule has 0 aromatic heterocycles. The second kappa shape index (κ2) is 9.73. The molecule has 6 heteroatoms. The van der Waals surface area contributed by atoms with E-state index < -0.39 is 15.1 Å². The summed E-state index contributed by atoms with van der Waals surface area (Å²) in [6.45, 7) is 3.99. The molecule has 0 saturated heterocycles. The van der Waals surface area contributed by atoms with Crippen molar-refractivity contribution in [3.8, 4) is 0 Å². The van der Waals surface area contributed by atoms with E-state index in [2.05, 4.69) is 5.32 Å². The van der Waals surface area contributed by atoms with E-state index >= 15 is 0 Å². The summed E-state index contributed by atoms with van der Waals surface area (Å²) in [6, 6.07) is 14.3. The number of benzene rings is 2. The molecule has 2 rings (SSSR count). The summed E-state index contributed by atoms with van der Waals surface area (Å²) >= 11 is 0. The summed E-state index contributed by atoms with van der Waals surface area (Å²) in [7, 11) is 0.220. The Hall–Kier alpha value is -2.34. The summed E-state index contributed by atoms with van der Waals surface area (Å²) in [5, 5.41) is 1.98. The number of amides is 1. The van der Waals surface area contributed by atoms with Gasteiger partial charge in [0.1, 0.15) is 5.25 Å². The van der Waals surface area contributed by atoms with Crippen LogP contribution < -0.4 is 10.2 Å². The molecule has 0 saturated carbocycles. The van der Waals surface area contributed by atoms with Gasteiger partial charge in [0.2, 0.25) is 5.91 Å².